The summed E-state index contributed by atoms with van der Waals surface area (Å²) in [5.41, 5.74) is 6.94. The summed E-state index contributed by atoms with van der Waals surface area (Å²) in [6.45, 7) is 0.332. The normalized spacial score (nSPS) is 9.95. The van der Waals surface area contributed by atoms with Crippen molar-refractivity contribution in [1.29, 1.82) is 0 Å². The number of carbonyl (C=O) groups excluding carboxylic acids is 2. The molecule has 0 unspecified atom stereocenters. The number of amides is 2. The van der Waals surface area contributed by atoms with Crippen molar-refractivity contribution in [2.75, 3.05) is 12.0 Å². The number of nitrogen functional groups attached to an aromatic ring is 1. The van der Waals surface area contributed by atoms with Gasteiger partial charge in [-0.2, -0.15) is 0 Å². The van der Waals surface area contributed by atoms with Crippen molar-refractivity contribution in [3.8, 4) is 0 Å². The van der Waals surface area contributed by atoms with Crippen LogP contribution in [-0.4, -0.2) is 23.3 Å². The molecule has 0 spiro atoms. The molecule has 1 rings (SSSR count). The van der Waals surface area contributed by atoms with Gasteiger partial charge in [-0.25, -0.2) is 0 Å². The van der Waals surface area contributed by atoms with E-state index in [9.17, 15) is 19.7 Å². The fraction of sp³-hybridized carbons (Fsp3) is 0.333. The van der Waals surface area contributed by atoms with E-state index in [0.29, 0.717) is 19.4 Å². The predicted molar refractivity (Wildman–Crippen MR) is 76.3 cm³/mol. The fourth-order valence-electron chi connectivity index (χ4n) is 1.75. The Morgan fingerprint density at radius 1 is 1.29 bits per heavy atom. The Morgan fingerprint density at radius 3 is 2.57 bits per heavy atom. The Labute approximate surface area is 120 Å². The van der Waals surface area contributed by atoms with E-state index in [0.717, 1.165) is 0 Å². The summed E-state index contributed by atoms with van der Waals surface area (Å²) < 4.78 is 0. The SMILES string of the molecule is NNc1c(C(=O)NCCCCC(N)=O)cccc1[N+](=O)[O-]. The highest BCUT2D eigenvalue weighted by Crippen LogP contribution is 2.27. The molecule has 0 aliphatic rings. The number of nitrogens with two attached hydrogens (primary N) is 2. The standard InChI is InChI=1S/C12H17N5O4/c13-10(18)6-1-2-7-15-12(19)8-4-3-5-9(17(20)21)11(8)16-14/h3-5,16H,1-2,6-7,14H2,(H2,13,18)(H,15,19). The number of hydrazine groups is 1. The minimum Gasteiger partial charge on any atom is -0.370 e. The summed E-state index contributed by atoms with van der Waals surface area (Å²) in [7, 11) is 0. The zero-order valence-electron chi connectivity index (χ0n) is 11.3. The van der Waals surface area contributed by atoms with Crippen LogP contribution in [0.5, 0.6) is 0 Å². The third-order valence-corrected chi connectivity index (χ3v) is 2.76. The molecule has 6 N–H and O–H groups in total. The third-order valence-electron chi connectivity index (χ3n) is 2.76. The molecule has 21 heavy (non-hydrogen) atoms. The lowest BCUT2D eigenvalue weighted by molar-refractivity contribution is -0.384. The van der Waals surface area contributed by atoms with Crippen LogP contribution in [0.4, 0.5) is 11.4 Å². The van der Waals surface area contributed by atoms with E-state index in [4.69, 9.17) is 11.6 Å². The maximum Gasteiger partial charge on any atom is 0.294 e. The van der Waals surface area contributed by atoms with Gasteiger partial charge >= 0.3 is 0 Å². The molecule has 0 fully saturated rings. The van der Waals surface area contributed by atoms with E-state index in [1.54, 1.807) is 0 Å². The predicted octanol–water partition coefficient (Wildman–Crippen LogP) is 0.266. The van der Waals surface area contributed by atoms with Gasteiger partial charge in [0.05, 0.1) is 10.5 Å². The molecule has 1 aromatic rings. The maximum atomic E-state index is 12.0. The number of rotatable bonds is 8. The quantitative estimate of drug-likeness (QED) is 0.233. The number of nitrogens with one attached hydrogen (secondary N) is 2. The molecule has 0 heterocycles. The van der Waals surface area contributed by atoms with E-state index in [2.05, 4.69) is 10.7 Å². The van der Waals surface area contributed by atoms with Gasteiger partial charge in [-0.05, 0) is 18.9 Å². The Balaban J connectivity index is 2.68. The number of nitro groups is 1. The van der Waals surface area contributed by atoms with Crippen molar-refractivity contribution in [1.82, 2.24) is 5.32 Å². The minimum absolute atomic E-state index is 0.0443. The van der Waals surface area contributed by atoms with Crippen LogP contribution in [0.2, 0.25) is 0 Å². The highest BCUT2D eigenvalue weighted by Gasteiger charge is 2.20. The average Bonchev–Trinajstić information content (AvgIpc) is 2.45. The van der Waals surface area contributed by atoms with E-state index < -0.39 is 16.7 Å². The third kappa shape index (κ3) is 4.73. The summed E-state index contributed by atoms with van der Waals surface area (Å²) in [6.07, 6.45) is 1.39. The molecule has 0 aromatic heterocycles. The molecule has 0 aliphatic heterocycles. The van der Waals surface area contributed by atoms with Crippen LogP contribution in [0.15, 0.2) is 18.2 Å². The van der Waals surface area contributed by atoms with Gasteiger partial charge in [0, 0.05) is 19.0 Å². The number of primary amides is 1. The molecule has 2 amide bonds. The van der Waals surface area contributed by atoms with Gasteiger partial charge < -0.3 is 16.5 Å². The second-order valence-corrected chi connectivity index (χ2v) is 4.28. The van der Waals surface area contributed by atoms with Crippen LogP contribution in [0, 0.1) is 10.1 Å². The first-order valence-corrected chi connectivity index (χ1v) is 6.28. The Morgan fingerprint density at radius 2 is 2.00 bits per heavy atom. The molecule has 0 atom stereocenters. The lowest BCUT2D eigenvalue weighted by Crippen LogP contribution is -2.26. The first-order chi connectivity index (χ1) is 9.97. The smallest absolute Gasteiger partial charge is 0.294 e. The summed E-state index contributed by atoms with van der Waals surface area (Å²) in [4.78, 5) is 32.8. The Hall–Kier alpha value is -2.68. The number of unbranched alkanes of at least 4 members (excludes halogenated alkanes) is 1. The van der Waals surface area contributed by atoms with Crippen molar-refractivity contribution >= 4 is 23.2 Å². The minimum atomic E-state index is -0.626. The molecule has 0 saturated carbocycles. The van der Waals surface area contributed by atoms with Crippen molar-refractivity contribution in [2.24, 2.45) is 11.6 Å². The van der Waals surface area contributed by atoms with Crippen LogP contribution < -0.4 is 22.3 Å². The van der Waals surface area contributed by atoms with Crippen LogP contribution in [0.3, 0.4) is 0 Å². The maximum absolute atomic E-state index is 12.0. The molecule has 9 nitrogen and oxygen atoms in total. The lowest BCUT2D eigenvalue weighted by atomic mass is 10.1. The van der Waals surface area contributed by atoms with E-state index in [-0.39, 0.29) is 23.4 Å². The number of anilines is 1. The number of hydrogen-bond acceptors (Lipinski definition) is 6. The van der Waals surface area contributed by atoms with Crippen LogP contribution in [0.1, 0.15) is 29.6 Å². The van der Waals surface area contributed by atoms with Gasteiger partial charge in [-0.15, -0.1) is 0 Å². The second kappa shape index (κ2) is 7.80. The average molecular weight is 295 g/mol. The zero-order valence-corrected chi connectivity index (χ0v) is 11.3. The number of para-hydroxylation sites is 1. The summed E-state index contributed by atoms with van der Waals surface area (Å²) in [5, 5.41) is 13.5. The summed E-state index contributed by atoms with van der Waals surface area (Å²) >= 11 is 0. The number of nitro benzene ring substituents is 1. The number of carbonyl (C=O) groups is 2. The highest BCUT2D eigenvalue weighted by atomic mass is 16.6. The summed E-state index contributed by atoms with van der Waals surface area (Å²) in [6, 6.07) is 4.08. The van der Waals surface area contributed by atoms with Crippen molar-refractivity contribution in [3.05, 3.63) is 33.9 Å². The fourth-order valence-corrected chi connectivity index (χ4v) is 1.75. The van der Waals surface area contributed by atoms with Crippen molar-refractivity contribution in [2.45, 2.75) is 19.3 Å². The molecule has 1 aromatic carbocycles. The largest absolute Gasteiger partial charge is 0.370 e. The Bertz CT molecular complexity index is 546. The number of benzene rings is 1. The monoisotopic (exact) mass is 295 g/mol. The molecule has 9 heteroatoms. The van der Waals surface area contributed by atoms with Gasteiger partial charge in [-0.1, -0.05) is 6.07 Å². The number of hydrogen-bond donors (Lipinski definition) is 4. The van der Waals surface area contributed by atoms with E-state index in [1.807, 2.05) is 0 Å². The molecule has 0 bridgehead atoms. The van der Waals surface area contributed by atoms with Gasteiger partial charge in [0.15, 0.2) is 0 Å². The van der Waals surface area contributed by atoms with Gasteiger partial charge in [0.25, 0.3) is 11.6 Å². The highest BCUT2D eigenvalue weighted by molar-refractivity contribution is 6.01. The topological polar surface area (TPSA) is 153 Å². The van der Waals surface area contributed by atoms with Gasteiger partial charge in [0.1, 0.15) is 5.69 Å². The van der Waals surface area contributed by atoms with Crippen LogP contribution in [-0.2, 0) is 4.79 Å². The summed E-state index contributed by atoms with van der Waals surface area (Å²) in [5.74, 6) is 4.38. The molecule has 114 valence electrons. The van der Waals surface area contributed by atoms with Gasteiger partial charge in [-0.3, -0.25) is 25.5 Å². The second-order valence-electron chi connectivity index (χ2n) is 4.28. The molecular formula is C12H17N5O4. The molecule has 0 aliphatic carbocycles. The molecule has 0 radical (unpaired) electrons. The first kappa shape index (κ1) is 16.4. The van der Waals surface area contributed by atoms with Crippen molar-refractivity contribution in [3.63, 3.8) is 0 Å². The van der Waals surface area contributed by atoms with Gasteiger partial charge in [0.2, 0.25) is 5.91 Å². The van der Waals surface area contributed by atoms with E-state index >= 15 is 0 Å². The van der Waals surface area contributed by atoms with E-state index in [1.165, 1.54) is 18.2 Å². The van der Waals surface area contributed by atoms with Crippen LogP contribution in [0.25, 0.3) is 0 Å². The molecular weight excluding hydrogens is 278 g/mol. The number of nitrogens with zero attached hydrogens (tertiary/aromatic N) is 1. The molecule has 0 saturated heterocycles. The van der Waals surface area contributed by atoms with Crippen LogP contribution >= 0.6 is 0 Å². The Kier molecular flexibility index (Phi) is 6.08. The van der Waals surface area contributed by atoms with Crippen molar-refractivity contribution < 1.29 is 14.5 Å². The first-order valence-electron chi connectivity index (χ1n) is 6.28. The lowest BCUT2D eigenvalue weighted by Gasteiger charge is -2.09. The zero-order chi connectivity index (χ0) is 15.8.